The standard InChI is InChI=1S/C18H25N5O2/c1-13-4-6-23(21-13)7-5-18(24)22-8-9-25-17(12-22)16-11-15(19-3)10-14(2)20-16/h4,6,10-11,17H,5,7-9,12H2,1-3H3,(H,19,20)/t17-/m1/s1. The van der Waals surface area contributed by atoms with E-state index >= 15 is 0 Å². The normalized spacial score (nSPS) is 17.6. The highest BCUT2D eigenvalue weighted by molar-refractivity contribution is 5.76. The summed E-state index contributed by atoms with van der Waals surface area (Å²) in [5, 5.41) is 7.46. The van der Waals surface area contributed by atoms with Gasteiger partial charge in [-0.2, -0.15) is 5.10 Å². The summed E-state index contributed by atoms with van der Waals surface area (Å²) < 4.78 is 7.68. The van der Waals surface area contributed by atoms with Gasteiger partial charge in [0.1, 0.15) is 6.10 Å². The Balaban J connectivity index is 1.62. The van der Waals surface area contributed by atoms with Crippen molar-refractivity contribution in [2.75, 3.05) is 32.1 Å². The fourth-order valence-corrected chi connectivity index (χ4v) is 3.01. The number of nitrogens with one attached hydrogen (secondary N) is 1. The van der Waals surface area contributed by atoms with Crippen molar-refractivity contribution in [1.29, 1.82) is 0 Å². The van der Waals surface area contributed by atoms with Crippen molar-refractivity contribution in [3.8, 4) is 0 Å². The number of ether oxygens (including phenoxy) is 1. The molecule has 0 unspecified atom stereocenters. The number of morpholine rings is 1. The van der Waals surface area contributed by atoms with Crippen LogP contribution in [0.4, 0.5) is 5.69 Å². The number of rotatable bonds is 5. The Morgan fingerprint density at radius 1 is 1.36 bits per heavy atom. The average Bonchev–Trinajstić information content (AvgIpc) is 3.04. The maximum Gasteiger partial charge on any atom is 0.224 e. The quantitative estimate of drug-likeness (QED) is 0.898. The molecule has 0 bridgehead atoms. The summed E-state index contributed by atoms with van der Waals surface area (Å²) >= 11 is 0. The van der Waals surface area contributed by atoms with Crippen LogP contribution in [-0.4, -0.2) is 52.3 Å². The largest absolute Gasteiger partial charge is 0.388 e. The molecule has 7 heteroatoms. The van der Waals surface area contributed by atoms with Crippen LogP contribution in [0.25, 0.3) is 0 Å². The molecule has 134 valence electrons. The van der Waals surface area contributed by atoms with Gasteiger partial charge >= 0.3 is 0 Å². The SMILES string of the molecule is CNc1cc(C)nc([C@H]2CN(C(=O)CCn3ccc(C)n3)CCO2)c1. The van der Waals surface area contributed by atoms with Gasteiger partial charge in [0.05, 0.1) is 24.5 Å². The minimum atomic E-state index is -0.184. The van der Waals surface area contributed by atoms with Crippen molar-refractivity contribution in [2.45, 2.75) is 32.9 Å². The molecule has 0 aromatic carbocycles. The molecular weight excluding hydrogens is 318 g/mol. The smallest absolute Gasteiger partial charge is 0.224 e. The van der Waals surface area contributed by atoms with E-state index in [1.54, 1.807) is 0 Å². The van der Waals surface area contributed by atoms with Gasteiger partial charge in [-0.25, -0.2) is 0 Å². The lowest BCUT2D eigenvalue weighted by molar-refractivity contribution is -0.139. The summed E-state index contributed by atoms with van der Waals surface area (Å²) in [7, 11) is 1.88. The first kappa shape index (κ1) is 17.4. The third-order valence-corrected chi connectivity index (χ3v) is 4.34. The molecule has 2 aromatic heterocycles. The first-order chi connectivity index (χ1) is 12.0. The Kier molecular flexibility index (Phi) is 5.33. The predicted octanol–water partition coefficient (Wildman–Crippen LogP) is 1.93. The summed E-state index contributed by atoms with van der Waals surface area (Å²) in [4.78, 5) is 19.0. The molecule has 3 heterocycles. The van der Waals surface area contributed by atoms with E-state index in [4.69, 9.17) is 4.74 Å². The topological polar surface area (TPSA) is 72.3 Å². The molecule has 0 radical (unpaired) electrons. The molecule has 0 spiro atoms. The molecule has 0 aliphatic carbocycles. The van der Waals surface area contributed by atoms with E-state index in [-0.39, 0.29) is 12.0 Å². The molecule has 1 atom stereocenters. The van der Waals surface area contributed by atoms with E-state index in [0.29, 0.717) is 32.7 Å². The van der Waals surface area contributed by atoms with Crippen molar-refractivity contribution >= 4 is 11.6 Å². The predicted molar refractivity (Wildman–Crippen MR) is 95.4 cm³/mol. The zero-order chi connectivity index (χ0) is 17.8. The highest BCUT2D eigenvalue weighted by Crippen LogP contribution is 2.24. The molecule has 3 rings (SSSR count). The maximum atomic E-state index is 12.5. The van der Waals surface area contributed by atoms with Crippen molar-refractivity contribution in [1.82, 2.24) is 19.7 Å². The summed E-state index contributed by atoms with van der Waals surface area (Å²) in [6.45, 7) is 6.19. The van der Waals surface area contributed by atoms with Crippen LogP contribution < -0.4 is 5.32 Å². The van der Waals surface area contributed by atoms with Crippen LogP contribution in [0.2, 0.25) is 0 Å². The number of hydrogen-bond donors (Lipinski definition) is 1. The zero-order valence-corrected chi connectivity index (χ0v) is 15.0. The highest BCUT2D eigenvalue weighted by Gasteiger charge is 2.26. The first-order valence-electron chi connectivity index (χ1n) is 8.61. The Morgan fingerprint density at radius 2 is 2.20 bits per heavy atom. The van der Waals surface area contributed by atoms with Crippen molar-refractivity contribution in [3.63, 3.8) is 0 Å². The number of carbonyl (C=O) groups is 1. The first-order valence-corrected chi connectivity index (χ1v) is 8.61. The van der Waals surface area contributed by atoms with Gasteiger partial charge in [-0.05, 0) is 32.0 Å². The molecule has 2 aromatic rings. The zero-order valence-electron chi connectivity index (χ0n) is 15.0. The fraction of sp³-hybridized carbons (Fsp3) is 0.500. The molecule has 1 aliphatic rings. The van der Waals surface area contributed by atoms with Gasteiger partial charge < -0.3 is 15.0 Å². The average molecular weight is 343 g/mol. The molecule has 7 nitrogen and oxygen atoms in total. The second-order valence-electron chi connectivity index (χ2n) is 6.34. The number of aryl methyl sites for hydroxylation is 3. The second kappa shape index (κ2) is 7.65. The van der Waals surface area contributed by atoms with Crippen LogP contribution >= 0.6 is 0 Å². The van der Waals surface area contributed by atoms with Gasteiger partial charge in [-0.3, -0.25) is 14.5 Å². The molecular formula is C18H25N5O2. The lowest BCUT2D eigenvalue weighted by Crippen LogP contribution is -2.42. The van der Waals surface area contributed by atoms with E-state index in [1.165, 1.54) is 0 Å². The molecule has 25 heavy (non-hydrogen) atoms. The van der Waals surface area contributed by atoms with Gasteiger partial charge in [0, 0.05) is 44.1 Å². The van der Waals surface area contributed by atoms with Gasteiger partial charge in [-0.1, -0.05) is 0 Å². The van der Waals surface area contributed by atoms with Crippen molar-refractivity contribution in [3.05, 3.63) is 41.5 Å². The fourth-order valence-electron chi connectivity index (χ4n) is 3.01. The number of hydrogen-bond acceptors (Lipinski definition) is 5. The number of carbonyl (C=O) groups excluding carboxylic acids is 1. The molecule has 1 saturated heterocycles. The van der Waals surface area contributed by atoms with Crippen LogP contribution in [0, 0.1) is 13.8 Å². The van der Waals surface area contributed by atoms with E-state index < -0.39 is 0 Å². The van der Waals surface area contributed by atoms with Crippen LogP contribution in [0.15, 0.2) is 24.4 Å². The van der Waals surface area contributed by atoms with E-state index in [9.17, 15) is 4.79 Å². The number of amides is 1. The van der Waals surface area contributed by atoms with Crippen LogP contribution in [0.1, 0.15) is 29.6 Å². The molecule has 0 saturated carbocycles. The number of pyridine rings is 1. The van der Waals surface area contributed by atoms with Gasteiger partial charge in [-0.15, -0.1) is 0 Å². The van der Waals surface area contributed by atoms with E-state index in [2.05, 4.69) is 15.4 Å². The number of anilines is 1. The van der Waals surface area contributed by atoms with Crippen LogP contribution in [-0.2, 0) is 16.1 Å². The molecule has 1 amide bonds. The minimum absolute atomic E-state index is 0.128. The lowest BCUT2D eigenvalue weighted by atomic mass is 10.1. The molecule has 1 aliphatic heterocycles. The van der Waals surface area contributed by atoms with Crippen molar-refractivity contribution in [2.24, 2.45) is 0 Å². The summed E-state index contributed by atoms with van der Waals surface area (Å²) in [6.07, 6.45) is 2.16. The molecule has 1 N–H and O–H groups in total. The Labute approximate surface area is 148 Å². The van der Waals surface area contributed by atoms with Gasteiger partial charge in [0.15, 0.2) is 0 Å². The van der Waals surface area contributed by atoms with Crippen molar-refractivity contribution < 1.29 is 9.53 Å². The minimum Gasteiger partial charge on any atom is -0.388 e. The van der Waals surface area contributed by atoms with E-state index in [1.807, 2.05) is 54.9 Å². The second-order valence-corrected chi connectivity index (χ2v) is 6.34. The monoisotopic (exact) mass is 343 g/mol. The summed E-state index contributed by atoms with van der Waals surface area (Å²) in [5.41, 5.74) is 3.76. The maximum absolute atomic E-state index is 12.5. The molecule has 1 fully saturated rings. The van der Waals surface area contributed by atoms with Crippen LogP contribution in [0.3, 0.4) is 0 Å². The van der Waals surface area contributed by atoms with Crippen LogP contribution in [0.5, 0.6) is 0 Å². The van der Waals surface area contributed by atoms with Gasteiger partial charge in [0.25, 0.3) is 0 Å². The Bertz CT molecular complexity index is 743. The third kappa shape index (κ3) is 4.36. The van der Waals surface area contributed by atoms with Gasteiger partial charge in [0.2, 0.25) is 5.91 Å². The Hall–Kier alpha value is -2.41. The summed E-state index contributed by atoms with van der Waals surface area (Å²) in [6, 6.07) is 5.91. The lowest BCUT2D eigenvalue weighted by Gasteiger charge is -2.33. The van der Waals surface area contributed by atoms with E-state index in [0.717, 1.165) is 22.8 Å². The number of nitrogens with zero attached hydrogens (tertiary/aromatic N) is 4. The Morgan fingerprint density at radius 3 is 2.92 bits per heavy atom. The third-order valence-electron chi connectivity index (χ3n) is 4.34. The summed E-state index contributed by atoms with van der Waals surface area (Å²) in [5.74, 6) is 0.128. The highest BCUT2D eigenvalue weighted by atomic mass is 16.5. The number of aromatic nitrogens is 3.